The van der Waals surface area contributed by atoms with Gasteiger partial charge in [-0.1, -0.05) is 12.1 Å². The van der Waals surface area contributed by atoms with Crippen molar-refractivity contribution in [1.29, 1.82) is 0 Å². The van der Waals surface area contributed by atoms with Crippen molar-refractivity contribution in [1.82, 2.24) is 4.90 Å². The van der Waals surface area contributed by atoms with Gasteiger partial charge in [0.15, 0.2) is 0 Å². The molecule has 0 aliphatic rings. The number of rotatable bonds is 8. The topological polar surface area (TPSA) is 38.5 Å². The number of nitrogens with two attached hydrogens (primary N) is 1. The van der Waals surface area contributed by atoms with Gasteiger partial charge in [-0.3, -0.25) is 4.90 Å². The van der Waals surface area contributed by atoms with Crippen LogP contribution >= 0.6 is 11.8 Å². The number of thioether (sulfide) groups is 1. The van der Waals surface area contributed by atoms with Gasteiger partial charge in [-0.25, -0.2) is 0 Å². The number of benzene rings is 1. The predicted molar refractivity (Wildman–Crippen MR) is 89.8 cm³/mol. The molecule has 4 heteroatoms. The number of methoxy groups -OCH3 is 1. The van der Waals surface area contributed by atoms with Crippen molar-refractivity contribution in [2.75, 3.05) is 32.7 Å². The first-order chi connectivity index (χ1) is 9.54. The van der Waals surface area contributed by atoms with Crippen LogP contribution < -0.4 is 10.5 Å². The standard InChI is InChI=1S/C16H28N2OS/c1-12-10-14(6-7-16(12)19-4)15(11-17)18(3)13(2)8-9-20-5/h6-7,10,13,15H,8-9,11,17H2,1-5H3. The van der Waals surface area contributed by atoms with Crippen LogP contribution in [0.4, 0.5) is 0 Å². The third-order valence-corrected chi connectivity index (χ3v) is 4.60. The van der Waals surface area contributed by atoms with Gasteiger partial charge in [-0.2, -0.15) is 11.8 Å². The fraction of sp³-hybridized carbons (Fsp3) is 0.625. The molecule has 3 nitrogen and oxygen atoms in total. The van der Waals surface area contributed by atoms with Crippen LogP contribution in [0.1, 0.15) is 30.5 Å². The van der Waals surface area contributed by atoms with Gasteiger partial charge in [0.25, 0.3) is 0 Å². The molecule has 2 unspecified atom stereocenters. The molecular weight excluding hydrogens is 268 g/mol. The van der Waals surface area contributed by atoms with E-state index in [1.165, 1.54) is 17.7 Å². The van der Waals surface area contributed by atoms with Crippen molar-refractivity contribution in [2.45, 2.75) is 32.4 Å². The number of likely N-dealkylation sites (N-methyl/N-ethyl adjacent to an activating group) is 1. The molecule has 0 fully saturated rings. The summed E-state index contributed by atoms with van der Waals surface area (Å²) in [6, 6.07) is 7.14. The Bertz CT molecular complexity index is 411. The van der Waals surface area contributed by atoms with Gasteiger partial charge in [0.05, 0.1) is 7.11 Å². The Hall–Kier alpha value is -0.710. The van der Waals surface area contributed by atoms with Crippen LogP contribution in [0.25, 0.3) is 0 Å². The molecule has 1 aromatic rings. The minimum Gasteiger partial charge on any atom is -0.496 e. The van der Waals surface area contributed by atoms with E-state index in [-0.39, 0.29) is 6.04 Å². The summed E-state index contributed by atoms with van der Waals surface area (Å²) < 4.78 is 5.33. The monoisotopic (exact) mass is 296 g/mol. The van der Waals surface area contributed by atoms with Crippen LogP contribution in [0.2, 0.25) is 0 Å². The van der Waals surface area contributed by atoms with E-state index in [0.29, 0.717) is 12.6 Å². The normalized spacial score (nSPS) is 14.3. The number of aryl methyl sites for hydroxylation is 1. The molecule has 1 rings (SSSR count). The fourth-order valence-corrected chi connectivity index (χ4v) is 3.02. The lowest BCUT2D eigenvalue weighted by Crippen LogP contribution is -2.37. The summed E-state index contributed by atoms with van der Waals surface area (Å²) in [5, 5.41) is 0. The van der Waals surface area contributed by atoms with Gasteiger partial charge in [-0.05, 0) is 56.5 Å². The number of hydrogen-bond acceptors (Lipinski definition) is 4. The molecule has 0 amide bonds. The average Bonchev–Trinajstić information content (AvgIpc) is 2.45. The highest BCUT2D eigenvalue weighted by Gasteiger charge is 2.20. The maximum absolute atomic E-state index is 6.01. The summed E-state index contributed by atoms with van der Waals surface area (Å²) in [6.07, 6.45) is 3.34. The third-order valence-electron chi connectivity index (χ3n) is 3.95. The number of ether oxygens (including phenoxy) is 1. The molecule has 2 atom stereocenters. The van der Waals surface area contributed by atoms with E-state index in [9.17, 15) is 0 Å². The van der Waals surface area contributed by atoms with Crippen molar-refractivity contribution in [3.63, 3.8) is 0 Å². The maximum Gasteiger partial charge on any atom is 0.121 e. The molecule has 0 heterocycles. The molecule has 0 radical (unpaired) electrons. The summed E-state index contributed by atoms with van der Waals surface area (Å²) in [4.78, 5) is 2.39. The van der Waals surface area contributed by atoms with E-state index < -0.39 is 0 Å². The third kappa shape index (κ3) is 4.40. The zero-order valence-corrected chi connectivity index (χ0v) is 14.2. The second kappa shape index (κ2) is 8.55. The number of nitrogens with zero attached hydrogens (tertiary/aromatic N) is 1. The van der Waals surface area contributed by atoms with Gasteiger partial charge in [0.1, 0.15) is 5.75 Å². The number of hydrogen-bond donors (Lipinski definition) is 1. The molecule has 0 saturated heterocycles. The zero-order chi connectivity index (χ0) is 15.1. The lowest BCUT2D eigenvalue weighted by molar-refractivity contribution is 0.185. The van der Waals surface area contributed by atoms with Crippen LogP contribution in [0.5, 0.6) is 5.75 Å². The van der Waals surface area contributed by atoms with E-state index in [2.05, 4.69) is 44.2 Å². The van der Waals surface area contributed by atoms with Crippen LogP contribution in [-0.2, 0) is 0 Å². The van der Waals surface area contributed by atoms with Crippen molar-refractivity contribution in [2.24, 2.45) is 5.73 Å². The molecule has 0 bridgehead atoms. The van der Waals surface area contributed by atoms with Crippen molar-refractivity contribution in [3.8, 4) is 5.75 Å². The minimum absolute atomic E-state index is 0.261. The van der Waals surface area contributed by atoms with E-state index in [1.54, 1.807) is 7.11 Å². The van der Waals surface area contributed by atoms with Gasteiger partial charge < -0.3 is 10.5 Å². The van der Waals surface area contributed by atoms with E-state index >= 15 is 0 Å². The second-order valence-electron chi connectivity index (χ2n) is 5.28. The van der Waals surface area contributed by atoms with Crippen molar-refractivity contribution < 1.29 is 4.74 Å². The molecule has 0 aliphatic carbocycles. The highest BCUT2D eigenvalue weighted by Crippen LogP contribution is 2.26. The Morgan fingerprint density at radius 3 is 2.60 bits per heavy atom. The fourth-order valence-electron chi connectivity index (χ4n) is 2.45. The van der Waals surface area contributed by atoms with Crippen LogP contribution in [0.15, 0.2) is 18.2 Å². The lowest BCUT2D eigenvalue weighted by atomic mass is 10.0. The Morgan fingerprint density at radius 1 is 1.40 bits per heavy atom. The first-order valence-electron chi connectivity index (χ1n) is 7.10. The summed E-state index contributed by atoms with van der Waals surface area (Å²) >= 11 is 1.90. The summed E-state index contributed by atoms with van der Waals surface area (Å²) in [5.41, 5.74) is 8.44. The average molecular weight is 296 g/mol. The molecule has 0 aliphatic heterocycles. The predicted octanol–water partition coefficient (Wildman–Crippen LogP) is 3.08. The summed E-state index contributed by atoms with van der Waals surface area (Å²) in [5.74, 6) is 2.12. The molecule has 0 spiro atoms. The largest absolute Gasteiger partial charge is 0.496 e. The van der Waals surface area contributed by atoms with Gasteiger partial charge in [-0.15, -0.1) is 0 Å². The Labute approximate surface area is 127 Å². The Kier molecular flexibility index (Phi) is 7.41. The van der Waals surface area contributed by atoms with Gasteiger partial charge in [0.2, 0.25) is 0 Å². The zero-order valence-electron chi connectivity index (χ0n) is 13.3. The van der Waals surface area contributed by atoms with Crippen molar-refractivity contribution >= 4 is 11.8 Å². The first kappa shape index (κ1) is 17.3. The molecule has 2 N–H and O–H groups in total. The van der Waals surface area contributed by atoms with E-state index in [1.807, 2.05) is 17.8 Å². The summed E-state index contributed by atoms with van der Waals surface area (Å²) in [6.45, 7) is 4.98. The molecular formula is C16H28N2OS. The SMILES string of the molecule is COc1ccc(C(CN)N(C)C(C)CCSC)cc1C. The van der Waals surface area contributed by atoms with Crippen LogP contribution in [0, 0.1) is 6.92 Å². The Balaban J connectivity index is 2.86. The van der Waals surface area contributed by atoms with Crippen LogP contribution in [-0.4, -0.2) is 43.7 Å². The molecule has 0 saturated carbocycles. The molecule has 20 heavy (non-hydrogen) atoms. The van der Waals surface area contributed by atoms with E-state index in [0.717, 1.165) is 11.3 Å². The van der Waals surface area contributed by atoms with E-state index in [4.69, 9.17) is 10.5 Å². The minimum atomic E-state index is 0.261. The van der Waals surface area contributed by atoms with Gasteiger partial charge in [0, 0.05) is 18.6 Å². The molecule has 0 aromatic heterocycles. The Morgan fingerprint density at radius 2 is 2.10 bits per heavy atom. The smallest absolute Gasteiger partial charge is 0.121 e. The first-order valence-corrected chi connectivity index (χ1v) is 8.50. The summed E-state index contributed by atoms with van der Waals surface area (Å²) in [7, 11) is 3.88. The van der Waals surface area contributed by atoms with Crippen molar-refractivity contribution in [3.05, 3.63) is 29.3 Å². The highest BCUT2D eigenvalue weighted by molar-refractivity contribution is 7.98. The maximum atomic E-state index is 6.01. The lowest BCUT2D eigenvalue weighted by Gasteiger charge is -2.33. The van der Waals surface area contributed by atoms with Crippen LogP contribution in [0.3, 0.4) is 0 Å². The second-order valence-corrected chi connectivity index (χ2v) is 6.26. The molecule has 114 valence electrons. The molecule has 1 aromatic carbocycles. The quantitative estimate of drug-likeness (QED) is 0.800. The highest BCUT2D eigenvalue weighted by atomic mass is 32.2. The van der Waals surface area contributed by atoms with Gasteiger partial charge >= 0.3 is 0 Å².